The van der Waals surface area contributed by atoms with Crippen molar-refractivity contribution in [2.45, 2.75) is 19.4 Å². The van der Waals surface area contributed by atoms with E-state index in [1.165, 1.54) is 20.1 Å². The summed E-state index contributed by atoms with van der Waals surface area (Å²) < 4.78 is 3.18. The molecule has 108 valence electrons. The zero-order valence-corrected chi connectivity index (χ0v) is 14.3. The Bertz CT molecular complexity index is 792. The number of aryl methyl sites for hydroxylation is 2. The normalized spacial score (nSPS) is 12.8. The number of aromatic nitrogens is 2. The van der Waals surface area contributed by atoms with Crippen molar-refractivity contribution in [2.24, 2.45) is 12.8 Å². The fourth-order valence-corrected chi connectivity index (χ4v) is 3.47. The molecule has 21 heavy (non-hydrogen) atoms. The Morgan fingerprint density at radius 3 is 2.76 bits per heavy atom. The van der Waals surface area contributed by atoms with E-state index in [1.807, 2.05) is 17.8 Å². The van der Waals surface area contributed by atoms with E-state index in [0.717, 1.165) is 17.6 Å². The van der Waals surface area contributed by atoms with Gasteiger partial charge in [0.2, 0.25) is 0 Å². The molecule has 2 aromatic carbocycles. The lowest BCUT2D eigenvalue weighted by Crippen LogP contribution is -2.15. The quantitative estimate of drug-likeness (QED) is 0.692. The van der Waals surface area contributed by atoms with Crippen LogP contribution in [0.1, 0.15) is 22.9 Å². The summed E-state index contributed by atoms with van der Waals surface area (Å²) in [5.74, 6) is 0. The smallest absolute Gasteiger partial charge is 0.0722 e. The van der Waals surface area contributed by atoms with Gasteiger partial charge in [-0.25, -0.2) is 0 Å². The largest absolute Gasteiger partial charge is 0.324 e. The Kier molecular flexibility index (Phi) is 3.99. The highest BCUT2D eigenvalue weighted by Crippen LogP contribution is 2.26. The molecule has 0 aliphatic carbocycles. The third-order valence-electron chi connectivity index (χ3n) is 3.87. The highest BCUT2D eigenvalue weighted by Gasteiger charge is 2.16. The maximum atomic E-state index is 6.44. The zero-order chi connectivity index (χ0) is 15.0. The average molecular weight is 391 g/mol. The Hall–Kier alpha value is -1.40. The van der Waals surface area contributed by atoms with Crippen molar-refractivity contribution in [2.75, 3.05) is 0 Å². The second kappa shape index (κ2) is 5.77. The topological polar surface area (TPSA) is 43.8 Å². The van der Waals surface area contributed by atoms with Crippen LogP contribution in [0.25, 0.3) is 10.9 Å². The molecule has 0 saturated heterocycles. The van der Waals surface area contributed by atoms with Gasteiger partial charge in [-0.3, -0.25) is 4.68 Å². The van der Waals surface area contributed by atoms with Crippen molar-refractivity contribution in [1.82, 2.24) is 9.78 Å². The van der Waals surface area contributed by atoms with Gasteiger partial charge in [-0.05, 0) is 46.7 Å². The summed E-state index contributed by atoms with van der Waals surface area (Å²) in [6.07, 6.45) is 0.751. The van der Waals surface area contributed by atoms with Gasteiger partial charge in [-0.2, -0.15) is 5.10 Å². The molecule has 0 spiro atoms. The molecule has 0 aliphatic heterocycles. The molecule has 3 rings (SSSR count). The molecule has 0 radical (unpaired) electrons. The van der Waals surface area contributed by atoms with Gasteiger partial charge < -0.3 is 5.73 Å². The lowest BCUT2D eigenvalue weighted by molar-refractivity contribution is 0.679. The average Bonchev–Trinajstić information content (AvgIpc) is 2.79. The van der Waals surface area contributed by atoms with Gasteiger partial charge in [-0.15, -0.1) is 0 Å². The summed E-state index contributed by atoms with van der Waals surface area (Å²) in [7, 11) is 1.98. The molecule has 1 unspecified atom stereocenters. The van der Waals surface area contributed by atoms with Gasteiger partial charge in [0.25, 0.3) is 0 Å². The van der Waals surface area contributed by atoms with Crippen molar-refractivity contribution in [3.05, 3.63) is 62.9 Å². The molecular formula is C17H18IN3. The Morgan fingerprint density at radius 1 is 1.19 bits per heavy atom. The third-order valence-corrected chi connectivity index (χ3v) is 5.34. The Balaban J connectivity index is 1.97. The monoisotopic (exact) mass is 391 g/mol. The predicted octanol–water partition coefficient (Wildman–Crippen LogP) is 3.73. The van der Waals surface area contributed by atoms with Gasteiger partial charge >= 0.3 is 0 Å². The van der Waals surface area contributed by atoms with Crippen molar-refractivity contribution >= 4 is 33.5 Å². The Morgan fingerprint density at radius 2 is 1.95 bits per heavy atom. The van der Waals surface area contributed by atoms with Crippen LogP contribution in [-0.2, 0) is 13.5 Å². The fourth-order valence-electron chi connectivity index (χ4n) is 2.71. The summed E-state index contributed by atoms with van der Waals surface area (Å²) in [5.41, 5.74) is 11.1. The van der Waals surface area contributed by atoms with E-state index < -0.39 is 0 Å². The molecule has 1 aromatic heterocycles. The molecule has 0 fully saturated rings. The molecule has 2 N–H and O–H groups in total. The summed E-state index contributed by atoms with van der Waals surface area (Å²) >= 11 is 2.38. The van der Waals surface area contributed by atoms with Crippen molar-refractivity contribution in [3.8, 4) is 0 Å². The summed E-state index contributed by atoms with van der Waals surface area (Å²) in [5, 5.41) is 5.83. The SMILES string of the molecule is Cc1cccc(C(N)Cc2nn(C)c3ccccc23)c1I. The number of para-hydroxylation sites is 1. The molecule has 0 bridgehead atoms. The molecule has 3 aromatic rings. The maximum absolute atomic E-state index is 6.44. The molecule has 1 atom stereocenters. The summed E-state index contributed by atoms with van der Waals surface area (Å²) in [4.78, 5) is 0. The molecule has 0 saturated carbocycles. The van der Waals surface area contributed by atoms with Gasteiger partial charge in [0, 0.05) is 28.5 Å². The second-order valence-corrected chi connectivity index (χ2v) is 6.45. The van der Waals surface area contributed by atoms with Crippen LogP contribution in [0, 0.1) is 10.5 Å². The second-order valence-electron chi connectivity index (χ2n) is 5.38. The highest BCUT2D eigenvalue weighted by molar-refractivity contribution is 14.1. The van der Waals surface area contributed by atoms with Crippen molar-refractivity contribution in [1.29, 1.82) is 0 Å². The highest BCUT2D eigenvalue weighted by atomic mass is 127. The van der Waals surface area contributed by atoms with Crippen molar-refractivity contribution in [3.63, 3.8) is 0 Å². The number of rotatable bonds is 3. The molecule has 4 heteroatoms. The zero-order valence-electron chi connectivity index (χ0n) is 12.2. The molecule has 0 amide bonds. The van der Waals surface area contributed by atoms with E-state index >= 15 is 0 Å². The lowest BCUT2D eigenvalue weighted by Gasteiger charge is -2.14. The van der Waals surface area contributed by atoms with Gasteiger partial charge in [0.15, 0.2) is 0 Å². The molecule has 1 heterocycles. The van der Waals surface area contributed by atoms with Crippen LogP contribution >= 0.6 is 22.6 Å². The minimum absolute atomic E-state index is 0.0323. The number of hydrogen-bond donors (Lipinski definition) is 1. The molecule has 0 aliphatic rings. The Labute approximate surface area is 138 Å². The first-order chi connectivity index (χ1) is 10.1. The number of hydrogen-bond acceptors (Lipinski definition) is 2. The van der Waals surface area contributed by atoms with E-state index in [-0.39, 0.29) is 6.04 Å². The van der Waals surface area contributed by atoms with E-state index in [9.17, 15) is 0 Å². The van der Waals surface area contributed by atoms with Gasteiger partial charge in [0.1, 0.15) is 0 Å². The first kappa shape index (κ1) is 14.5. The van der Waals surface area contributed by atoms with Crippen LogP contribution in [0.2, 0.25) is 0 Å². The van der Waals surface area contributed by atoms with Crippen LogP contribution in [0.15, 0.2) is 42.5 Å². The van der Waals surface area contributed by atoms with Crippen LogP contribution in [-0.4, -0.2) is 9.78 Å². The van der Waals surface area contributed by atoms with E-state index in [1.54, 1.807) is 0 Å². The number of nitrogens with zero attached hydrogens (tertiary/aromatic N) is 2. The molecular weight excluding hydrogens is 373 g/mol. The summed E-state index contributed by atoms with van der Waals surface area (Å²) in [6, 6.07) is 14.6. The minimum Gasteiger partial charge on any atom is -0.324 e. The van der Waals surface area contributed by atoms with E-state index in [4.69, 9.17) is 5.73 Å². The number of benzene rings is 2. The first-order valence-electron chi connectivity index (χ1n) is 6.99. The van der Waals surface area contributed by atoms with Gasteiger partial charge in [-0.1, -0.05) is 36.4 Å². The maximum Gasteiger partial charge on any atom is 0.0722 e. The van der Waals surface area contributed by atoms with Crippen LogP contribution < -0.4 is 5.73 Å². The summed E-state index contributed by atoms with van der Waals surface area (Å²) in [6.45, 7) is 2.12. The third kappa shape index (κ3) is 2.70. The van der Waals surface area contributed by atoms with Crippen molar-refractivity contribution < 1.29 is 0 Å². The standard InChI is InChI=1S/C17H18IN3/c1-11-6-5-8-12(17(11)18)14(19)10-15-13-7-3-4-9-16(13)21(2)20-15/h3-9,14H,10,19H2,1-2H3. The number of fused-ring (bicyclic) bond motifs is 1. The van der Waals surface area contributed by atoms with Crippen LogP contribution in [0.3, 0.4) is 0 Å². The van der Waals surface area contributed by atoms with E-state index in [2.05, 4.69) is 71.0 Å². The van der Waals surface area contributed by atoms with E-state index in [0.29, 0.717) is 0 Å². The molecule has 3 nitrogen and oxygen atoms in total. The predicted molar refractivity (Wildman–Crippen MR) is 95.2 cm³/mol. The lowest BCUT2D eigenvalue weighted by atomic mass is 10.00. The van der Waals surface area contributed by atoms with Crippen LogP contribution in [0.5, 0.6) is 0 Å². The first-order valence-corrected chi connectivity index (χ1v) is 8.07. The number of halogens is 1. The van der Waals surface area contributed by atoms with Crippen LogP contribution in [0.4, 0.5) is 0 Å². The van der Waals surface area contributed by atoms with Gasteiger partial charge in [0.05, 0.1) is 11.2 Å². The minimum atomic E-state index is -0.0323. The fraction of sp³-hybridized carbons (Fsp3) is 0.235. The number of nitrogens with two attached hydrogens (primary N) is 1.